The van der Waals surface area contributed by atoms with Gasteiger partial charge in [0.1, 0.15) is 5.78 Å². The van der Waals surface area contributed by atoms with Crippen LogP contribution >= 0.6 is 7.68 Å². The third-order valence-corrected chi connectivity index (χ3v) is 1.16. The summed E-state index contributed by atoms with van der Waals surface area (Å²) in [4.78, 5) is 0. The second-order valence-electron chi connectivity index (χ2n) is 1.04. The Bertz CT molecular complexity index is 102. The molecule has 0 rings (SSSR count). The Hall–Kier alpha value is -0.180. The molecule has 5 heteroatoms. The van der Waals surface area contributed by atoms with Gasteiger partial charge in [0.2, 0.25) is 0 Å². The van der Waals surface area contributed by atoms with E-state index in [0.717, 1.165) is 0 Å². The maximum Gasteiger partial charge on any atom is 0.335 e. The Morgan fingerprint density at radius 2 is 2.14 bits per heavy atom. The van der Waals surface area contributed by atoms with Crippen molar-refractivity contribution < 1.29 is 14.2 Å². The van der Waals surface area contributed by atoms with Gasteiger partial charge in [0, 0.05) is 0 Å². The second-order valence-corrected chi connectivity index (χ2v) is 2.27. The zero-order valence-corrected chi connectivity index (χ0v) is 4.47. The molecule has 0 saturated carbocycles. The summed E-state index contributed by atoms with van der Waals surface area (Å²) in [6.45, 7) is -0.501. The van der Waals surface area contributed by atoms with Gasteiger partial charge in [-0.15, -0.1) is 0 Å². The van der Waals surface area contributed by atoms with E-state index in [1.165, 1.54) is 0 Å². The van der Waals surface area contributed by atoms with Crippen molar-refractivity contribution in [3.8, 4) is 0 Å². The Labute approximate surface area is 41.1 Å². The second kappa shape index (κ2) is 2.91. The van der Waals surface area contributed by atoms with E-state index >= 15 is 0 Å². The van der Waals surface area contributed by atoms with E-state index in [4.69, 9.17) is 10.8 Å². The molecule has 0 aliphatic heterocycles. The molecular formula is C2H6NO3P. The van der Waals surface area contributed by atoms with E-state index in [0.29, 0.717) is 0 Å². The first-order chi connectivity index (χ1) is 3.18. The number of rotatable bonds is 2. The number of aliphatic hydroxyl groups is 1. The molecule has 0 aliphatic rings. The summed E-state index contributed by atoms with van der Waals surface area (Å²) >= 11 is 0. The topological polar surface area (TPSA) is 80.4 Å². The van der Waals surface area contributed by atoms with Crippen LogP contribution in [0.5, 0.6) is 0 Å². The molecule has 0 aromatic rings. The van der Waals surface area contributed by atoms with Crippen molar-refractivity contribution in [1.29, 1.82) is 0 Å². The molecule has 0 heterocycles. The van der Waals surface area contributed by atoms with Crippen LogP contribution in [-0.2, 0) is 9.13 Å². The van der Waals surface area contributed by atoms with Crippen molar-refractivity contribution in [1.82, 2.24) is 0 Å². The summed E-state index contributed by atoms with van der Waals surface area (Å²) in [6.07, 6.45) is 0. The van der Waals surface area contributed by atoms with Gasteiger partial charge in [-0.1, -0.05) is 0 Å². The SMILES string of the molecule is NC(CO)P(=O)=O. The Balaban J connectivity index is 3.57. The number of hydrogen-bond donors (Lipinski definition) is 2. The first-order valence-electron chi connectivity index (χ1n) is 1.68. The van der Waals surface area contributed by atoms with Gasteiger partial charge in [0.05, 0.1) is 6.61 Å². The minimum atomic E-state index is -2.63. The smallest absolute Gasteiger partial charge is 0.335 e. The summed E-state index contributed by atoms with van der Waals surface area (Å²) in [5.74, 6) is -1.09. The fraction of sp³-hybridized carbons (Fsp3) is 1.00. The van der Waals surface area contributed by atoms with E-state index < -0.39 is 20.1 Å². The molecule has 0 aliphatic carbocycles. The standard InChI is InChI=1S/C2H6NO3P/c3-2(1-4)7(5)6/h2,4H,1,3H2. The molecule has 0 spiro atoms. The van der Waals surface area contributed by atoms with Crippen LogP contribution in [0.2, 0.25) is 0 Å². The van der Waals surface area contributed by atoms with Crippen molar-refractivity contribution in [3.05, 3.63) is 0 Å². The summed E-state index contributed by atoms with van der Waals surface area (Å²) < 4.78 is 19.4. The first-order valence-corrected chi connectivity index (χ1v) is 2.93. The zero-order chi connectivity index (χ0) is 5.86. The van der Waals surface area contributed by atoms with Gasteiger partial charge in [-0.05, 0) is 0 Å². The molecule has 4 nitrogen and oxygen atoms in total. The molecule has 1 unspecified atom stereocenters. The number of nitrogens with two attached hydrogens (primary N) is 1. The highest BCUT2D eigenvalue weighted by atomic mass is 31.1. The Kier molecular flexibility index (Phi) is 2.83. The minimum Gasteiger partial charge on any atom is -0.394 e. The van der Waals surface area contributed by atoms with E-state index in [1.54, 1.807) is 0 Å². The third kappa shape index (κ3) is 2.51. The molecular weight excluding hydrogens is 117 g/mol. The molecule has 0 aromatic carbocycles. The lowest BCUT2D eigenvalue weighted by atomic mass is 10.7. The Morgan fingerprint density at radius 3 is 2.14 bits per heavy atom. The average molecular weight is 123 g/mol. The van der Waals surface area contributed by atoms with E-state index in [9.17, 15) is 9.13 Å². The van der Waals surface area contributed by atoms with Crippen LogP contribution in [0.25, 0.3) is 0 Å². The normalized spacial score (nSPS) is 13.4. The predicted molar refractivity (Wildman–Crippen MR) is 23.4 cm³/mol. The lowest BCUT2D eigenvalue weighted by molar-refractivity contribution is 0.290. The lowest BCUT2D eigenvalue weighted by Crippen LogP contribution is -2.17. The fourth-order valence-electron chi connectivity index (χ4n) is 0.0667. The monoisotopic (exact) mass is 123 g/mol. The molecule has 0 aromatic heterocycles. The molecule has 7 heavy (non-hydrogen) atoms. The van der Waals surface area contributed by atoms with Crippen molar-refractivity contribution >= 4 is 7.68 Å². The first kappa shape index (κ1) is 6.82. The molecule has 42 valence electrons. The van der Waals surface area contributed by atoms with Crippen molar-refractivity contribution in [2.45, 2.75) is 5.78 Å². The maximum atomic E-state index is 9.68. The number of aliphatic hydroxyl groups excluding tert-OH is 1. The highest BCUT2D eigenvalue weighted by Gasteiger charge is 2.02. The van der Waals surface area contributed by atoms with Gasteiger partial charge in [-0.3, -0.25) is 0 Å². The van der Waals surface area contributed by atoms with Gasteiger partial charge in [-0.2, -0.15) is 0 Å². The van der Waals surface area contributed by atoms with Crippen molar-refractivity contribution in [2.24, 2.45) is 5.73 Å². The van der Waals surface area contributed by atoms with Gasteiger partial charge in [0.15, 0.2) is 0 Å². The van der Waals surface area contributed by atoms with Crippen LogP contribution in [0.1, 0.15) is 0 Å². The Morgan fingerprint density at radius 1 is 1.71 bits per heavy atom. The largest absolute Gasteiger partial charge is 0.394 e. The maximum absolute atomic E-state index is 9.68. The average Bonchev–Trinajstić information content (AvgIpc) is 1.65. The van der Waals surface area contributed by atoms with E-state index in [2.05, 4.69) is 0 Å². The van der Waals surface area contributed by atoms with Crippen molar-refractivity contribution in [3.63, 3.8) is 0 Å². The summed E-state index contributed by atoms with van der Waals surface area (Å²) in [5, 5.41) is 8.00. The molecule has 0 amide bonds. The lowest BCUT2D eigenvalue weighted by Gasteiger charge is -1.89. The van der Waals surface area contributed by atoms with Gasteiger partial charge >= 0.3 is 7.68 Å². The quantitative estimate of drug-likeness (QED) is 0.482. The molecule has 1 atom stereocenters. The van der Waals surface area contributed by atoms with Crippen LogP contribution in [0.4, 0.5) is 0 Å². The van der Waals surface area contributed by atoms with Crippen LogP contribution in [0, 0.1) is 0 Å². The summed E-state index contributed by atoms with van der Waals surface area (Å²) in [7, 11) is -2.63. The van der Waals surface area contributed by atoms with Crippen LogP contribution < -0.4 is 5.73 Å². The van der Waals surface area contributed by atoms with Crippen LogP contribution in [0.3, 0.4) is 0 Å². The highest BCUT2D eigenvalue weighted by molar-refractivity contribution is 7.31. The predicted octanol–water partition coefficient (Wildman–Crippen LogP) is -0.564. The van der Waals surface area contributed by atoms with Gasteiger partial charge < -0.3 is 10.8 Å². The van der Waals surface area contributed by atoms with E-state index in [1.807, 2.05) is 0 Å². The van der Waals surface area contributed by atoms with Gasteiger partial charge in [0.25, 0.3) is 0 Å². The molecule has 3 N–H and O–H groups in total. The molecule has 0 radical (unpaired) electrons. The molecule has 0 fully saturated rings. The van der Waals surface area contributed by atoms with Crippen LogP contribution in [0.15, 0.2) is 0 Å². The third-order valence-electron chi connectivity index (χ3n) is 0.458. The zero-order valence-electron chi connectivity index (χ0n) is 3.57. The highest BCUT2D eigenvalue weighted by Crippen LogP contribution is 2.05. The minimum absolute atomic E-state index is 0.501. The number of hydrogen-bond acceptors (Lipinski definition) is 4. The van der Waals surface area contributed by atoms with Crippen molar-refractivity contribution in [2.75, 3.05) is 6.61 Å². The molecule has 0 bridgehead atoms. The van der Waals surface area contributed by atoms with Crippen LogP contribution in [-0.4, -0.2) is 17.5 Å². The fourth-order valence-corrected chi connectivity index (χ4v) is 0.200. The molecule has 0 saturated heterocycles. The van der Waals surface area contributed by atoms with Gasteiger partial charge in [-0.25, -0.2) is 9.13 Å². The van der Waals surface area contributed by atoms with E-state index in [-0.39, 0.29) is 0 Å². The summed E-state index contributed by atoms with van der Waals surface area (Å²) in [5.41, 5.74) is 4.77. The summed E-state index contributed by atoms with van der Waals surface area (Å²) in [6, 6.07) is 0.